The zero-order valence-corrected chi connectivity index (χ0v) is 31.1. The maximum Gasteiger partial charge on any atom is 0.248 e. The summed E-state index contributed by atoms with van der Waals surface area (Å²) in [5.74, 6) is -1.34. The zero-order chi connectivity index (χ0) is 35.7. The third-order valence-electron chi connectivity index (χ3n) is 10.0. The average molecular weight is 766 g/mol. The van der Waals surface area contributed by atoms with Crippen molar-refractivity contribution in [1.82, 2.24) is 24.8 Å². The number of ether oxygens (including phenoxy) is 1. The Morgan fingerprint density at radius 1 is 1.14 bits per heavy atom. The lowest BCUT2D eigenvalue weighted by Gasteiger charge is -2.40. The number of fused-ring (bicyclic) bond motifs is 2. The second kappa shape index (κ2) is 14.9. The van der Waals surface area contributed by atoms with E-state index in [9.17, 15) is 14.7 Å². The van der Waals surface area contributed by atoms with E-state index in [2.05, 4.69) is 39.4 Å². The van der Waals surface area contributed by atoms with Crippen LogP contribution in [-0.4, -0.2) is 101 Å². The summed E-state index contributed by atoms with van der Waals surface area (Å²) in [7, 11) is 0. The first-order valence-corrected chi connectivity index (χ1v) is 19.0. The topological polar surface area (TPSA) is 121 Å². The molecule has 0 aliphatic carbocycles. The van der Waals surface area contributed by atoms with Gasteiger partial charge in [0.2, 0.25) is 17.7 Å². The molecule has 3 amide bonds. The molecule has 50 heavy (non-hydrogen) atoms. The van der Waals surface area contributed by atoms with E-state index in [-0.39, 0.29) is 60.1 Å². The van der Waals surface area contributed by atoms with Crippen molar-refractivity contribution >= 4 is 62.1 Å². The molecule has 266 valence electrons. The number of hydrogen-bond donors (Lipinski definition) is 1. The first-order valence-electron chi connectivity index (χ1n) is 17.2. The van der Waals surface area contributed by atoms with E-state index < -0.39 is 28.7 Å². The molecular formula is C37H45BrN6O5S. The summed E-state index contributed by atoms with van der Waals surface area (Å²) in [5, 5.41) is 19.1. The van der Waals surface area contributed by atoms with Gasteiger partial charge in [-0.25, -0.2) is 4.68 Å². The minimum absolute atomic E-state index is 0.0949. The number of para-hydroxylation sites is 1. The number of rotatable bonds is 15. The fraction of sp³-hybridized carbons (Fsp3) is 0.486. The van der Waals surface area contributed by atoms with Crippen LogP contribution in [0.3, 0.4) is 0 Å². The van der Waals surface area contributed by atoms with Gasteiger partial charge in [-0.15, -0.1) is 30.0 Å². The normalized spacial score (nSPS) is 25.9. The van der Waals surface area contributed by atoms with Crippen LogP contribution in [-0.2, 0) is 21.1 Å². The molecule has 11 nitrogen and oxygen atoms in total. The number of carbonyl (C=O) groups excluding carboxylic acids is 3. The smallest absolute Gasteiger partial charge is 0.248 e. The van der Waals surface area contributed by atoms with Crippen LogP contribution in [0.5, 0.6) is 5.75 Å². The third kappa shape index (κ3) is 6.25. The molecule has 3 unspecified atom stereocenters. The van der Waals surface area contributed by atoms with Crippen molar-refractivity contribution in [2.24, 2.45) is 17.8 Å². The van der Waals surface area contributed by atoms with Gasteiger partial charge in [0.05, 0.1) is 41.4 Å². The molecule has 1 spiro atoms. The van der Waals surface area contributed by atoms with Gasteiger partial charge in [-0.1, -0.05) is 59.3 Å². The zero-order valence-electron chi connectivity index (χ0n) is 28.7. The van der Waals surface area contributed by atoms with E-state index in [1.807, 2.05) is 69.3 Å². The number of thioether (sulfide) groups is 1. The molecule has 4 heterocycles. The van der Waals surface area contributed by atoms with Gasteiger partial charge >= 0.3 is 0 Å². The van der Waals surface area contributed by atoms with Gasteiger partial charge in [-0.3, -0.25) is 14.4 Å². The highest BCUT2D eigenvalue weighted by Crippen LogP contribution is 2.68. The van der Waals surface area contributed by atoms with Gasteiger partial charge in [-0.05, 0) is 62.1 Å². The molecule has 1 N–H and O–H groups in total. The molecule has 6 rings (SSSR count). The Balaban J connectivity index is 1.41. The predicted octanol–water partition coefficient (Wildman–Crippen LogP) is 4.89. The minimum Gasteiger partial charge on any atom is -0.494 e. The number of likely N-dealkylation sites (tertiary alicyclic amines) is 1. The van der Waals surface area contributed by atoms with Gasteiger partial charge in [0.25, 0.3) is 0 Å². The summed E-state index contributed by atoms with van der Waals surface area (Å²) in [4.78, 5) is 49.7. The second-order valence-electron chi connectivity index (χ2n) is 13.6. The number of halogens is 1. The molecule has 3 aliphatic heterocycles. The lowest BCUT2D eigenvalue weighted by molar-refractivity contribution is -0.146. The highest BCUT2D eigenvalue weighted by atomic mass is 79.9. The fourth-order valence-electron chi connectivity index (χ4n) is 8.09. The Kier molecular flexibility index (Phi) is 10.8. The number of nitrogens with zero attached hydrogens (tertiary/aromatic N) is 6. The van der Waals surface area contributed by atoms with Crippen LogP contribution in [0.15, 0.2) is 73.8 Å². The molecule has 3 aromatic rings. The Morgan fingerprint density at radius 3 is 2.52 bits per heavy atom. The number of aliphatic hydroxyl groups is 1. The van der Waals surface area contributed by atoms with Gasteiger partial charge in [-0.2, -0.15) is 0 Å². The fourth-order valence-corrected chi connectivity index (χ4v) is 11.7. The quantitative estimate of drug-likeness (QED) is 0.172. The highest BCUT2D eigenvalue weighted by molar-refractivity contribution is 9.09. The summed E-state index contributed by atoms with van der Waals surface area (Å²) in [6.45, 7) is 14.6. The van der Waals surface area contributed by atoms with Gasteiger partial charge < -0.3 is 24.5 Å². The Hall–Kier alpha value is -3.68. The van der Waals surface area contributed by atoms with E-state index in [4.69, 9.17) is 4.74 Å². The summed E-state index contributed by atoms with van der Waals surface area (Å²) in [5.41, 5.74) is 2.15. The number of amides is 3. The lowest BCUT2D eigenvalue weighted by atomic mass is 9.70. The van der Waals surface area contributed by atoms with Gasteiger partial charge in [0.1, 0.15) is 24.0 Å². The Morgan fingerprint density at radius 2 is 1.86 bits per heavy atom. The Labute approximate surface area is 305 Å². The predicted molar refractivity (Wildman–Crippen MR) is 199 cm³/mol. The van der Waals surface area contributed by atoms with Crippen LogP contribution < -0.4 is 9.64 Å². The number of benzene rings is 2. The number of hydrogen-bond acceptors (Lipinski definition) is 8. The molecule has 1 aromatic heterocycles. The number of carbonyl (C=O) groups is 3. The van der Waals surface area contributed by atoms with Crippen LogP contribution >= 0.6 is 27.7 Å². The monoisotopic (exact) mass is 764 g/mol. The van der Waals surface area contributed by atoms with Crippen LogP contribution in [0.4, 0.5) is 5.69 Å². The van der Waals surface area contributed by atoms with Crippen LogP contribution in [0.1, 0.15) is 33.6 Å². The number of anilines is 1. The van der Waals surface area contributed by atoms with Crippen molar-refractivity contribution in [2.45, 2.75) is 67.2 Å². The summed E-state index contributed by atoms with van der Waals surface area (Å²) < 4.78 is 6.40. The average Bonchev–Trinajstić information content (AvgIpc) is 3.83. The van der Waals surface area contributed by atoms with E-state index in [1.165, 1.54) is 0 Å². The first-order chi connectivity index (χ1) is 24.1. The van der Waals surface area contributed by atoms with Crippen LogP contribution in [0.2, 0.25) is 0 Å². The maximum absolute atomic E-state index is 15.1. The molecule has 0 radical (unpaired) electrons. The summed E-state index contributed by atoms with van der Waals surface area (Å²) in [6.07, 6.45) is 4.36. The number of alkyl halides is 1. The van der Waals surface area contributed by atoms with Crippen molar-refractivity contribution in [1.29, 1.82) is 0 Å². The summed E-state index contributed by atoms with van der Waals surface area (Å²) in [6, 6.07) is 13.4. The van der Waals surface area contributed by atoms with Gasteiger partial charge in [0.15, 0.2) is 0 Å². The van der Waals surface area contributed by atoms with Crippen LogP contribution in [0.25, 0.3) is 11.0 Å². The second-order valence-corrected chi connectivity index (χ2v) is 16.3. The van der Waals surface area contributed by atoms with Crippen molar-refractivity contribution in [3.8, 4) is 5.75 Å². The first kappa shape index (κ1) is 36.1. The van der Waals surface area contributed by atoms with Crippen molar-refractivity contribution in [3.63, 3.8) is 0 Å². The van der Waals surface area contributed by atoms with E-state index >= 15 is 4.79 Å². The number of aliphatic hydroxyl groups excluding tert-OH is 1. The molecular weight excluding hydrogens is 720 g/mol. The molecule has 3 saturated heterocycles. The van der Waals surface area contributed by atoms with E-state index in [1.54, 1.807) is 43.3 Å². The molecule has 2 bridgehead atoms. The highest BCUT2D eigenvalue weighted by Gasteiger charge is 2.76. The van der Waals surface area contributed by atoms with Crippen molar-refractivity contribution in [3.05, 3.63) is 73.8 Å². The lowest BCUT2D eigenvalue weighted by Crippen LogP contribution is -2.58. The minimum atomic E-state index is -0.920. The third-order valence-corrected chi connectivity index (χ3v) is 13.2. The molecule has 2 aromatic carbocycles. The van der Waals surface area contributed by atoms with Crippen molar-refractivity contribution in [2.75, 3.05) is 31.2 Å². The van der Waals surface area contributed by atoms with Crippen molar-refractivity contribution < 1.29 is 24.2 Å². The van der Waals surface area contributed by atoms with E-state index in [0.29, 0.717) is 36.4 Å². The molecule has 3 fully saturated rings. The number of aromatic nitrogens is 3. The molecule has 0 saturated carbocycles. The van der Waals surface area contributed by atoms with Gasteiger partial charge in [0, 0.05) is 28.9 Å². The largest absolute Gasteiger partial charge is 0.494 e. The van der Waals surface area contributed by atoms with Crippen LogP contribution in [0, 0.1) is 17.8 Å². The standard InChI is InChI=1S/C37H45BrN6O5S/c1-6-17-41(22-43-29-12-10-9-11-28(29)39-40-43)36(48)33-37-20-27(38)32(50-37)30(31(37)35(47)44(33)25(21-45)19-23(4)5)34(46)42(18-7-2)24-13-15-26(16-14-24)49-8-3/h6-7,9-16,23,25,27,30-33,45H,1-2,8,17-22H2,3-5H3/t25-,27?,30-,31+,32-,33?,37?/m1/s1. The maximum atomic E-state index is 15.1. The summed E-state index contributed by atoms with van der Waals surface area (Å²) >= 11 is 5.47. The Bertz CT molecular complexity index is 1750. The molecule has 7 atom stereocenters. The van der Waals surface area contributed by atoms with E-state index in [0.717, 1.165) is 5.52 Å². The molecule has 13 heteroatoms. The SMILES string of the molecule is C=CCN(Cn1nnc2ccccc21)C(=O)C1N([C@@H](CO)CC(C)C)C(=O)[C@@H]2[C@@H](C(=O)N(CC=C)c3ccc(OCC)cc3)[C@@H]3SC12CC3Br. The molecule has 3 aliphatic rings.